The molecule has 27 heavy (non-hydrogen) atoms. The first-order valence-electron chi connectivity index (χ1n) is 8.55. The second-order valence-electron chi connectivity index (χ2n) is 6.26. The van der Waals surface area contributed by atoms with Gasteiger partial charge < -0.3 is 9.26 Å². The third-order valence-electron chi connectivity index (χ3n) is 4.32. The molecule has 1 aromatic carbocycles. The Morgan fingerprint density at radius 3 is 2.59 bits per heavy atom. The van der Waals surface area contributed by atoms with Gasteiger partial charge in [-0.3, -0.25) is 4.68 Å². The monoisotopic (exact) mass is 389 g/mol. The van der Waals surface area contributed by atoms with Crippen molar-refractivity contribution in [2.45, 2.75) is 31.4 Å². The first kappa shape index (κ1) is 17.7. The van der Waals surface area contributed by atoms with Gasteiger partial charge in [0.1, 0.15) is 16.7 Å². The van der Waals surface area contributed by atoms with Crippen LogP contribution in [0.15, 0.2) is 46.1 Å². The maximum Gasteiger partial charge on any atom is 0.257 e. The van der Waals surface area contributed by atoms with Crippen molar-refractivity contribution >= 4 is 10.0 Å². The molecule has 0 aliphatic carbocycles. The Morgan fingerprint density at radius 1 is 1.26 bits per heavy atom. The lowest BCUT2D eigenvalue weighted by Crippen LogP contribution is -2.55. The topological polar surface area (TPSA) is 103 Å². The highest BCUT2D eigenvalue weighted by molar-refractivity contribution is 7.89. The third kappa shape index (κ3) is 3.45. The third-order valence-corrected chi connectivity index (χ3v) is 6.10. The number of sulfonamides is 1. The number of hydrogen-bond donors (Lipinski definition) is 0. The van der Waals surface area contributed by atoms with Gasteiger partial charge in [-0.05, 0) is 38.1 Å². The Balaban J connectivity index is 1.36. The number of aryl methyl sites for hydroxylation is 2. The molecule has 0 N–H and O–H groups in total. The van der Waals surface area contributed by atoms with Gasteiger partial charge in [0.05, 0.1) is 19.3 Å². The van der Waals surface area contributed by atoms with Crippen molar-refractivity contribution in [1.29, 1.82) is 0 Å². The fraction of sp³-hybridized carbons (Fsp3) is 0.353. The van der Waals surface area contributed by atoms with E-state index < -0.39 is 10.0 Å². The van der Waals surface area contributed by atoms with Crippen LogP contribution in [0.2, 0.25) is 0 Å². The van der Waals surface area contributed by atoms with Crippen LogP contribution in [-0.4, -0.2) is 51.8 Å². The summed E-state index contributed by atoms with van der Waals surface area (Å²) >= 11 is 0. The van der Waals surface area contributed by atoms with E-state index in [-0.39, 0.29) is 11.0 Å². The van der Waals surface area contributed by atoms with Crippen LogP contribution in [0.4, 0.5) is 0 Å². The van der Waals surface area contributed by atoms with Crippen LogP contribution in [0, 0.1) is 6.92 Å². The molecule has 1 aliphatic rings. The summed E-state index contributed by atoms with van der Waals surface area (Å²) < 4.78 is 39.0. The maximum absolute atomic E-state index is 12.5. The van der Waals surface area contributed by atoms with E-state index in [1.165, 1.54) is 10.5 Å². The van der Waals surface area contributed by atoms with Gasteiger partial charge >= 0.3 is 0 Å². The largest absolute Gasteiger partial charge is 0.488 e. The van der Waals surface area contributed by atoms with E-state index in [1.54, 1.807) is 29.9 Å². The quantitative estimate of drug-likeness (QED) is 0.632. The minimum atomic E-state index is -3.51. The highest BCUT2D eigenvalue weighted by Gasteiger charge is 2.38. The number of ether oxygens (including phenoxy) is 1. The molecule has 10 heteroatoms. The van der Waals surface area contributed by atoms with Crippen molar-refractivity contribution in [2.24, 2.45) is 0 Å². The molecule has 0 atom stereocenters. The Kier molecular flexibility index (Phi) is 4.44. The molecule has 9 nitrogen and oxygen atoms in total. The average Bonchev–Trinajstić information content (AvgIpc) is 3.27. The molecular formula is C17H19N5O4S. The second-order valence-corrected chi connectivity index (χ2v) is 8.20. The lowest BCUT2D eigenvalue weighted by molar-refractivity contribution is 0.0762. The average molecular weight is 389 g/mol. The molecule has 3 aromatic rings. The first-order chi connectivity index (χ1) is 13.0. The van der Waals surface area contributed by atoms with Gasteiger partial charge in [-0.1, -0.05) is 5.16 Å². The minimum Gasteiger partial charge on any atom is -0.488 e. The summed E-state index contributed by atoms with van der Waals surface area (Å²) in [7, 11) is -3.51. The summed E-state index contributed by atoms with van der Waals surface area (Å²) in [5, 5.41) is 7.79. The minimum absolute atomic E-state index is 0.183. The van der Waals surface area contributed by atoms with Crippen molar-refractivity contribution < 1.29 is 17.7 Å². The molecule has 2 aromatic heterocycles. The molecule has 1 fully saturated rings. The van der Waals surface area contributed by atoms with E-state index >= 15 is 0 Å². The molecule has 0 radical (unpaired) electrons. The lowest BCUT2D eigenvalue weighted by Gasteiger charge is -2.37. The van der Waals surface area contributed by atoms with Gasteiger partial charge in [0.15, 0.2) is 5.82 Å². The zero-order valence-electron chi connectivity index (χ0n) is 14.9. The summed E-state index contributed by atoms with van der Waals surface area (Å²) in [6.45, 7) is 4.91. The molecule has 0 saturated carbocycles. The Bertz CT molecular complexity index is 1040. The Morgan fingerprint density at radius 2 is 2.00 bits per heavy atom. The van der Waals surface area contributed by atoms with Crippen molar-refractivity contribution in [1.82, 2.24) is 24.2 Å². The molecule has 0 amide bonds. The van der Waals surface area contributed by atoms with Gasteiger partial charge in [-0.25, -0.2) is 8.42 Å². The number of benzene rings is 1. The highest BCUT2D eigenvalue weighted by Crippen LogP contribution is 2.26. The summed E-state index contributed by atoms with van der Waals surface area (Å²) in [6.07, 6.45) is 2.74. The highest BCUT2D eigenvalue weighted by atomic mass is 32.2. The molecule has 0 bridgehead atoms. The number of hydrogen-bond acceptors (Lipinski definition) is 7. The van der Waals surface area contributed by atoms with Crippen molar-refractivity contribution in [3.05, 3.63) is 42.5 Å². The molecule has 0 spiro atoms. The van der Waals surface area contributed by atoms with E-state index in [0.717, 1.165) is 5.56 Å². The molecular weight excluding hydrogens is 370 g/mol. The standard InChI is InChI=1S/C17H19N5O4S/c1-3-21-11-16(8-18-21)27(23,24)22-9-15(10-22)25-14-6-4-13(5-7-14)17-19-12(2)20-26-17/h4-8,11,15H,3,9-10H2,1-2H3. The zero-order valence-corrected chi connectivity index (χ0v) is 15.8. The van der Waals surface area contributed by atoms with Crippen LogP contribution < -0.4 is 4.74 Å². The van der Waals surface area contributed by atoms with E-state index in [4.69, 9.17) is 9.26 Å². The van der Waals surface area contributed by atoms with Gasteiger partial charge in [-0.15, -0.1) is 0 Å². The molecule has 1 saturated heterocycles. The van der Waals surface area contributed by atoms with Crippen molar-refractivity contribution in [3.63, 3.8) is 0 Å². The lowest BCUT2D eigenvalue weighted by atomic mass is 10.2. The van der Waals surface area contributed by atoms with Crippen molar-refractivity contribution in [2.75, 3.05) is 13.1 Å². The zero-order chi connectivity index (χ0) is 19.0. The predicted molar refractivity (Wildman–Crippen MR) is 95.5 cm³/mol. The second kappa shape index (κ2) is 6.78. The van der Waals surface area contributed by atoms with Crippen molar-refractivity contribution in [3.8, 4) is 17.2 Å². The van der Waals surface area contributed by atoms with Gasteiger partial charge in [0.25, 0.3) is 5.89 Å². The number of nitrogens with zero attached hydrogens (tertiary/aromatic N) is 5. The summed E-state index contributed by atoms with van der Waals surface area (Å²) in [4.78, 5) is 4.38. The maximum atomic E-state index is 12.5. The molecule has 3 heterocycles. The van der Waals surface area contributed by atoms with Gasteiger partial charge in [0, 0.05) is 18.3 Å². The van der Waals surface area contributed by atoms with E-state index in [2.05, 4.69) is 15.2 Å². The molecule has 4 rings (SSSR count). The van der Waals surface area contributed by atoms with E-state index in [9.17, 15) is 8.42 Å². The SMILES string of the molecule is CCn1cc(S(=O)(=O)N2CC(Oc3ccc(-c4nc(C)no4)cc3)C2)cn1. The Hall–Kier alpha value is -2.72. The molecule has 0 unspecified atom stereocenters. The van der Waals surface area contributed by atoms with Crippen LogP contribution in [-0.2, 0) is 16.6 Å². The van der Waals surface area contributed by atoms with Gasteiger partial charge in [0.2, 0.25) is 10.0 Å². The van der Waals surface area contributed by atoms with Crippen LogP contribution in [0.1, 0.15) is 12.7 Å². The van der Waals surface area contributed by atoms with Crippen LogP contribution in [0.5, 0.6) is 5.75 Å². The van der Waals surface area contributed by atoms with Crippen LogP contribution in [0.3, 0.4) is 0 Å². The molecule has 142 valence electrons. The van der Waals surface area contributed by atoms with E-state index in [0.29, 0.717) is 37.1 Å². The summed E-state index contributed by atoms with van der Waals surface area (Å²) in [5.41, 5.74) is 0.800. The smallest absolute Gasteiger partial charge is 0.257 e. The normalized spacial score (nSPS) is 15.6. The predicted octanol–water partition coefficient (Wildman–Crippen LogP) is 1.71. The van der Waals surface area contributed by atoms with Crippen LogP contribution >= 0.6 is 0 Å². The summed E-state index contributed by atoms with van der Waals surface area (Å²) in [5.74, 6) is 1.69. The fourth-order valence-corrected chi connectivity index (χ4v) is 4.21. The molecule has 1 aliphatic heterocycles. The fourth-order valence-electron chi connectivity index (χ4n) is 2.75. The Labute approximate surface area is 156 Å². The van der Waals surface area contributed by atoms with Crippen LogP contribution in [0.25, 0.3) is 11.5 Å². The number of aromatic nitrogens is 4. The summed E-state index contributed by atoms with van der Waals surface area (Å²) in [6, 6.07) is 7.26. The number of rotatable bonds is 6. The van der Waals surface area contributed by atoms with E-state index in [1.807, 2.05) is 19.1 Å². The first-order valence-corrected chi connectivity index (χ1v) is 9.99. The van der Waals surface area contributed by atoms with Gasteiger partial charge in [-0.2, -0.15) is 14.4 Å².